The van der Waals surface area contributed by atoms with Gasteiger partial charge in [0.25, 0.3) is 0 Å². The van der Waals surface area contributed by atoms with Gasteiger partial charge in [-0.2, -0.15) is 0 Å². The second-order valence-corrected chi connectivity index (χ2v) is 8.51. The SMILES string of the molecule is CC(=N)C(C)(C)NCCCNC(C)(C)C(C)=N.CC(O)CN(N)/C=C\N(C)C. The average molecular weight is 400 g/mol. The summed E-state index contributed by atoms with van der Waals surface area (Å²) in [5.74, 6) is 5.48. The van der Waals surface area contributed by atoms with Crippen molar-refractivity contribution in [3.63, 3.8) is 0 Å². The zero-order valence-corrected chi connectivity index (χ0v) is 19.5. The van der Waals surface area contributed by atoms with E-state index in [0.717, 1.165) is 19.5 Å². The molecule has 166 valence electrons. The van der Waals surface area contributed by atoms with Crippen molar-refractivity contribution in [3.05, 3.63) is 12.4 Å². The van der Waals surface area contributed by atoms with Crippen LogP contribution in [0.15, 0.2) is 12.4 Å². The largest absolute Gasteiger partial charge is 0.392 e. The van der Waals surface area contributed by atoms with Crippen LogP contribution in [0, 0.1) is 10.8 Å². The number of hydrogen-bond donors (Lipinski definition) is 6. The van der Waals surface area contributed by atoms with Crippen molar-refractivity contribution in [3.8, 4) is 0 Å². The van der Waals surface area contributed by atoms with E-state index < -0.39 is 6.10 Å². The maximum Gasteiger partial charge on any atom is 0.0702 e. The summed E-state index contributed by atoms with van der Waals surface area (Å²) in [7, 11) is 3.82. The molecular weight excluding hydrogens is 354 g/mol. The minimum atomic E-state index is -0.396. The van der Waals surface area contributed by atoms with Gasteiger partial charge in [-0.25, -0.2) is 5.84 Å². The Morgan fingerprint density at radius 2 is 1.39 bits per heavy atom. The molecule has 8 heteroatoms. The average Bonchev–Trinajstić information content (AvgIpc) is 2.52. The van der Waals surface area contributed by atoms with Gasteiger partial charge in [0.15, 0.2) is 0 Å². The van der Waals surface area contributed by atoms with Gasteiger partial charge in [0.1, 0.15) is 0 Å². The predicted octanol–water partition coefficient (Wildman–Crippen LogP) is 1.77. The lowest BCUT2D eigenvalue weighted by Gasteiger charge is -2.27. The van der Waals surface area contributed by atoms with Gasteiger partial charge in [-0.15, -0.1) is 0 Å². The van der Waals surface area contributed by atoms with Gasteiger partial charge in [-0.1, -0.05) is 0 Å². The highest BCUT2D eigenvalue weighted by Gasteiger charge is 2.20. The van der Waals surface area contributed by atoms with E-state index in [1.54, 1.807) is 13.1 Å². The maximum absolute atomic E-state index is 8.92. The van der Waals surface area contributed by atoms with Crippen LogP contribution in [0.5, 0.6) is 0 Å². The summed E-state index contributed by atoms with van der Waals surface area (Å²) in [5, 5.41) is 32.3. The van der Waals surface area contributed by atoms with Crippen molar-refractivity contribution in [1.29, 1.82) is 10.8 Å². The lowest BCUT2D eigenvalue weighted by atomic mass is 9.99. The molecule has 0 saturated heterocycles. The quantitative estimate of drug-likeness (QED) is 0.129. The molecule has 7 N–H and O–H groups in total. The van der Waals surface area contributed by atoms with Crippen molar-refractivity contribution < 1.29 is 5.11 Å². The lowest BCUT2D eigenvalue weighted by Crippen LogP contribution is -2.48. The Morgan fingerprint density at radius 1 is 1.00 bits per heavy atom. The Labute approximate surface area is 172 Å². The molecule has 0 aliphatic rings. The molecule has 0 aromatic carbocycles. The van der Waals surface area contributed by atoms with Crippen molar-refractivity contribution in [2.45, 2.75) is 72.1 Å². The molecule has 1 atom stereocenters. The molecule has 0 bridgehead atoms. The van der Waals surface area contributed by atoms with E-state index in [1.165, 1.54) is 5.01 Å². The third-order valence-corrected chi connectivity index (χ3v) is 4.39. The second kappa shape index (κ2) is 13.7. The van der Waals surface area contributed by atoms with Crippen LogP contribution in [0.3, 0.4) is 0 Å². The minimum absolute atomic E-state index is 0.215. The monoisotopic (exact) mass is 399 g/mol. The Balaban J connectivity index is 0. The molecule has 1 unspecified atom stereocenters. The normalized spacial score (nSPS) is 13.0. The zero-order valence-electron chi connectivity index (χ0n) is 19.5. The van der Waals surface area contributed by atoms with Crippen molar-refractivity contribution >= 4 is 11.4 Å². The van der Waals surface area contributed by atoms with E-state index in [1.807, 2.05) is 66.7 Å². The molecule has 0 aromatic rings. The van der Waals surface area contributed by atoms with Gasteiger partial charge >= 0.3 is 0 Å². The topological polar surface area (TPSA) is 124 Å². The molecule has 0 aromatic heterocycles. The molecule has 0 radical (unpaired) electrons. The standard InChI is InChI=1S/C13H28N4.C7H17N3O/c1-10(14)12(3,4)16-8-7-9-17-13(5,6)11(2)15;1-7(11)6-10(8)5-4-9(2)3/h14-17H,7-9H2,1-6H3;4-5,7,11H,6,8H2,1-3H3/b;5-4-. The first-order valence-electron chi connectivity index (χ1n) is 9.77. The van der Waals surface area contributed by atoms with Crippen LogP contribution in [0.1, 0.15) is 54.9 Å². The molecule has 0 amide bonds. The van der Waals surface area contributed by atoms with Crippen LogP contribution in [-0.2, 0) is 0 Å². The van der Waals surface area contributed by atoms with E-state index in [-0.39, 0.29) is 11.1 Å². The van der Waals surface area contributed by atoms with Gasteiger partial charge in [0, 0.05) is 37.9 Å². The van der Waals surface area contributed by atoms with E-state index in [4.69, 9.17) is 21.8 Å². The van der Waals surface area contributed by atoms with E-state index >= 15 is 0 Å². The van der Waals surface area contributed by atoms with Crippen LogP contribution < -0.4 is 16.5 Å². The number of hydrazine groups is 1. The zero-order chi connectivity index (χ0) is 22.5. The lowest BCUT2D eigenvalue weighted by molar-refractivity contribution is 0.151. The highest BCUT2D eigenvalue weighted by Crippen LogP contribution is 2.05. The molecule has 0 rings (SSSR count). The summed E-state index contributed by atoms with van der Waals surface area (Å²) in [6.45, 7) is 15.6. The maximum atomic E-state index is 8.92. The third-order valence-electron chi connectivity index (χ3n) is 4.39. The second-order valence-electron chi connectivity index (χ2n) is 8.51. The highest BCUT2D eigenvalue weighted by atomic mass is 16.3. The van der Waals surface area contributed by atoms with Gasteiger partial charge in [0.05, 0.1) is 23.7 Å². The molecule has 0 heterocycles. The van der Waals surface area contributed by atoms with Crippen molar-refractivity contribution in [2.75, 3.05) is 33.7 Å². The van der Waals surface area contributed by atoms with Crippen LogP contribution in [0.25, 0.3) is 0 Å². The summed E-state index contributed by atoms with van der Waals surface area (Å²) < 4.78 is 0. The molecule has 8 nitrogen and oxygen atoms in total. The number of rotatable bonds is 12. The number of nitrogens with zero attached hydrogens (tertiary/aromatic N) is 2. The first-order chi connectivity index (χ1) is 12.6. The summed E-state index contributed by atoms with van der Waals surface area (Å²) in [4.78, 5) is 1.88. The highest BCUT2D eigenvalue weighted by molar-refractivity contribution is 5.88. The first-order valence-corrected chi connectivity index (χ1v) is 9.77. The summed E-state index contributed by atoms with van der Waals surface area (Å²) in [6, 6.07) is 0. The van der Waals surface area contributed by atoms with Gasteiger partial charge in [0.2, 0.25) is 0 Å². The Morgan fingerprint density at radius 3 is 1.68 bits per heavy atom. The number of nitrogens with one attached hydrogen (secondary N) is 4. The Kier molecular flexibility index (Phi) is 14.0. The number of nitrogens with two attached hydrogens (primary N) is 1. The fraction of sp³-hybridized carbons (Fsp3) is 0.800. The Bertz CT molecular complexity index is 457. The predicted molar refractivity (Wildman–Crippen MR) is 121 cm³/mol. The Hall–Kier alpha value is -1.48. The summed E-state index contributed by atoms with van der Waals surface area (Å²) in [6.07, 6.45) is 4.13. The van der Waals surface area contributed by atoms with Crippen molar-refractivity contribution in [2.24, 2.45) is 5.84 Å². The molecule has 0 aliphatic heterocycles. The fourth-order valence-corrected chi connectivity index (χ4v) is 1.74. The number of hydrogen-bond acceptors (Lipinski definition) is 8. The molecule has 28 heavy (non-hydrogen) atoms. The fourth-order valence-electron chi connectivity index (χ4n) is 1.74. The number of aliphatic hydroxyl groups excluding tert-OH is 1. The molecular formula is C20H45N7O. The van der Waals surface area contributed by atoms with Gasteiger partial charge in [-0.05, 0) is 68.0 Å². The summed E-state index contributed by atoms with van der Waals surface area (Å²) in [5.41, 5.74) is 0.877. The van der Waals surface area contributed by atoms with E-state index in [0.29, 0.717) is 18.0 Å². The van der Waals surface area contributed by atoms with E-state index in [2.05, 4.69) is 10.6 Å². The van der Waals surface area contributed by atoms with E-state index in [9.17, 15) is 0 Å². The minimum Gasteiger partial charge on any atom is -0.392 e. The molecule has 0 aliphatic carbocycles. The molecule has 0 saturated carbocycles. The van der Waals surface area contributed by atoms with Crippen LogP contribution in [-0.4, -0.2) is 77.4 Å². The van der Waals surface area contributed by atoms with Crippen LogP contribution >= 0.6 is 0 Å². The summed E-state index contributed by atoms with van der Waals surface area (Å²) >= 11 is 0. The van der Waals surface area contributed by atoms with Gasteiger partial charge in [-0.3, -0.25) is 0 Å². The third kappa shape index (κ3) is 15.6. The van der Waals surface area contributed by atoms with Crippen molar-refractivity contribution in [1.82, 2.24) is 20.5 Å². The van der Waals surface area contributed by atoms with Crippen LogP contribution in [0.2, 0.25) is 0 Å². The van der Waals surface area contributed by atoms with Crippen LogP contribution in [0.4, 0.5) is 0 Å². The molecule has 0 spiro atoms. The van der Waals surface area contributed by atoms with Gasteiger partial charge < -0.3 is 36.5 Å². The first kappa shape index (κ1) is 28.7. The number of aliphatic hydroxyl groups is 1. The molecule has 0 fully saturated rings. The smallest absolute Gasteiger partial charge is 0.0702 e.